The van der Waals surface area contributed by atoms with E-state index in [-0.39, 0.29) is 10.9 Å². The van der Waals surface area contributed by atoms with Gasteiger partial charge in [-0.25, -0.2) is 18.4 Å². The number of pyridine rings is 1. The zero-order valence-corrected chi connectivity index (χ0v) is 20.5. The summed E-state index contributed by atoms with van der Waals surface area (Å²) in [4.78, 5) is 15.4. The molecule has 4 aromatic rings. The molecule has 0 aliphatic rings. The topological polar surface area (TPSA) is 103 Å². The van der Waals surface area contributed by atoms with Crippen LogP contribution in [0.15, 0.2) is 47.6 Å². The van der Waals surface area contributed by atoms with Gasteiger partial charge in [-0.2, -0.15) is 0 Å². The van der Waals surface area contributed by atoms with Crippen LogP contribution in [0.3, 0.4) is 0 Å². The van der Waals surface area contributed by atoms with Crippen molar-refractivity contribution in [2.45, 2.75) is 24.8 Å². The fraction of sp³-hybridized carbons (Fsp3) is 0.261. The molecule has 1 aromatic carbocycles. The predicted octanol–water partition coefficient (Wildman–Crippen LogP) is 4.66. The van der Waals surface area contributed by atoms with Crippen molar-refractivity contribution < 1.29 is 17.9 Å². The zero-order chi connectivity index (χ0) is 23.8. The highest BCUT2D eigenvalue weighted by atomic mass is 32.2. The molecule has 0 bridgehead atoms. The Morgan fingerprint density at radius 2 is 1.76 bits per heavy atom. The van der Waals surface area contributed by atoms with Crippen LogP contribution in [0.2, 0.25) is 0 Å². The van der Waals surface area contributed by atoms with Gasteiger partial charge in [0.05, 0.1) is 30.7 Å². The number of nitrogens with one attached hydrogen (secondary N) is 1. The number of aromatic nitrogens is 3. The molecule has 0 amide bonds. The van der Waals surface area contributed by atoms with E-state index in [4.69, 9.17) is 9.47 Å². The Labute approximate surface area is 196 Å². The lowest BCUT2D eigenvalue weighted by Crippen LogP contribution is -2.08. The van der Waals surface area contributed by atoms with Gasteiger partial charge in [-0.15, -0.1) is 11.3 Å². The van der Waals surface area contributed by atoms with Crippen molar-refractivity contribution in [3.8, 4) is 21.9 Å². The van der Waals surface area contributed by atoms with E-state index in [2.05, 4.69) is 20.3 Å². The highest BCUT2D eigenvalue weighted by Gasteiger charge is 2.17. The fourth-order valence-electron chi connectivity index (χ4n) is 3.46. The molecule has 1 atom stereocenters. The van der Waals surface area contributed by atoms with E-state index in [0.29, 0.717) is 23.1 Å². The summed E-state index contributed by atoms with van der Waals surface area (Å²) in [6, 6.07) is 9.29. The largest absolute Gasteiger partial charge is 0.493 e. The molecule has 33 heavy (non-hydrogen) atoms. The van der Waals surface area contributed by atoms with Crippen LogP contribution in [-0.2, 0) is 9.84 Å². The first-order chi connectivity index (χ1) is 15.7. The number of benzene rings is 1. The van der Waals surface area contributed by atoms with Crippen molar-refractivity contribution in [3.63, 3.8) is 0 Å². The van der Waals surface area contributed by atoms with Crippen LogP contribution in [0.5, 0.6) is 11.5 Å². The summed E-state index contributed by atoms with van der Waals surface area (Å²) in [6.07, 6.45) is 4.21. The monoisotopic (exact) mass is 484 g/mol. The number of aryl methyl sites for hydroxylation is 1. The summed E-state index contributed by atoms with van der Waals surface area (Å²) in [7, 11) is -0.139. The molecule has 1 N–H and O–H groups in total. The van der Waals surface area contributed by atoms with E-state index in [9.17, 15) is 8.42 Å². The summed E-state index contributed by atoms with van der Waals surface area (Å²) in [6.45, 7) is 3.89. The Bertz CT molecular complexity index is 1430. The number of methoxy groups -OCH3 is 2. The number of ether oxygens (including phenoxy) is 2. The fourth-order valence-corrected chi connectivity index (χ4v) is 5.04. The van der Waals surface area contributed by atoms with Gasteiger partial charge in [-0.05, 0) is 38.1 Å². The Hall–Kier alpha value is -3.24. The van der Waals surface area contributed by atoms with Gasteiger partial charge in [-0.1, -0.05) is 0 Å². The van der Waals surface area contributed by atoms with E-state index in [1.54, 1.807) is 37.8 Å². The van der Waals surface area contributed by atoms with Crippen molar-refractivity contribution >= 4 is 37.9 Å². The smallest absolute Gasteiger partial charge is 0.177 e. The molecule has 0 aliphatic heterocycles. The van der Waals surface area contributed by atoms with Crippen LogP contribution in [0.25, 0.3) is 21.3 Å². The molecule has 3 aromatic heterocycles. The van der Waals surface area contributed by atoms with Crippen LogP contribution < -0.4 is 14.8 Å². The summed E-state index contributed by atoms with van der Waals surface area (Å²) in [5.41, 5.74) is 1.52. The number of rotatable bonds is 7. The van der Waals surface area contributed by atoms with Crippen molar-refractivity contribution in [2.75, 3.05) is 25.8 Å². The molecule has 0 saturated heterocycles. The van der Waals surface area contributed by atoms with Crippen molar-refractivity contribution in [1.29, 1.82) is 0 Å². The van der Waals surface area contributed by atoms with Gasteiger partial charge in [0, 0.05) is 45.4 Å². The molecule has 0 fully saturated rings. The molecular weight excluding hydrogens is 460 g/mol. The van der Waals surface area contributed by atoms with Crippen LogP contribution in [0.1, 0.15) is 23.7 Å². The number of sulfone groups is 1. The van der Waals surface area contributed by atoms with Crippen LogP contribution in [0.4, 0.5) is 5.82 Å². The summed E-state index contributed by atoms with van der Waals surface area (Å²) in [5, 5.41) is 4.31. The van der Waals surface area contributed by atoms with Crippen LogP contribution >= 0.6 is 11.3 Å². The first kappa shape index (κ1) is 22.9. The number of nitrogens with zero attached hydrogens (tertiary/aromatic N) is 3. The predicted molar refractivity (Wildman–Crippen MR) is 130 cm³/mol. The van der Waals surface area contributed by atoms with E-state index >= 15 is 0 Å². The minimum absolute atomic E-state index is 0.0552. The van der Waals surface area contributed by atoms with Crippen molar-refractivity contribution in [2.24, 2.45) is 0 Å². The zero-order valence-electron chi connectivity index (χ0n) is 18.9. The average molecular weight is 485 g/mol. The van der Waals surface area contributed by atoms with E-state index in [1.807, 2.05) is 38.1 Å². The Kier molecular flexibility index (Phi) is 6.22. The highest BCUT2D eigenvalue weighted by molar-refractivity contribution is 7.90. The van der Waals surface area contributed by atoms with E-state index < -0.39 is 9.84 Å². The molecule has 4 rings (SSSR count). The van der Waals surface area contributed by atoms with Crippen LogP contribution in [-0.4, -0.2) is 43.8 Å². The molecule has 0 aliphatic carbocycles. The molecule has 10 heteroatoms. The lowest BCUT2D eigenvalue weighted by molar-refractivity contribution is 0.356. The highest BCUT2D eigenvalue weighted by Crippen LogP contribution is 2.37. The molecule has 3 heterocycles. The SMILES string of the molecule is COc1cc2nc(C)nc(NC(C)c3ccc(-c4cncc(S(C)(=O)=O)c4)s3)c2cc1OC. The third kappa shape index (κ3) is 4.76. The average Bonchev–Trinajstić information content (AvgIpc) is 3.28. The molecule has 0 saturated carbocycles. The summed E-state index contributed by atoms with van der Waals surface area (Å²) >= 11 is 1.57. The normalized spacial score (nSPS) is 12.5. The summed E-state index contributed by atoms with van der Waals surface area (Å²) < 4.78 is 34.6. The number of fused-ring (bicyclic) bond motifs is 1. The third-order valence-electron chi connectivity index (χ3n) is 5.15. The second-order valence-corrected chi connectivity index (χ2v) is 10.7. The molecular formula is C23H24N4O4S2. The molecule has 8 nitrogen and oxygen atoms in total. The third-order valence-corrected chi connectivity index (χ3v) is 7.54. The van der Waals surface area contributed by atoms with Gasteiger partial charge in [-0.3, -0.25) is 4.98 Å². The molecule has 1 unspecified atom stereocenters. The number of anilines is 1. The molecule has 0 spiro atoms. The Morgan fingerprint density at radius 1 is 1.03 bits per heavy atom. The number of hydrogen-bond donors (Lipinski definition) is 1. The lowest BCUT2D eigenvalue weighted by atomic mass is 10.2. The van der Waals surface area contributed by atoms with Gasteiger partial charge in [0.25, 0.3) is 0 Å². The van der Waals surface area contributed by atoms with Gasteiger partial charge >= 0.3 is 0 Å². The van der Waals surface area contributed by atoms with Gasteiger partial charge in [0.1, 0.15) is 11.6 Å². The van der Waals surface area contributed by atoms with E-state index in [0.717, 1.165) is 26.2 Å². The second kappa shape index (κ2) is 8.95. The van der Waals surface area contributed by atoms with Crippen LogP contribution in [0, 0.1) is 6.92 Å². The number of hydrogen-bond acceptors (Lipinski definition) is 9. The molecule has 0 radical (unpaired) electrons. The van der Waals surface area contributed by atoms with Gasteiger partial charge < -0.3 is 14.8 Å². The summed E-state index contributed by atoms with van der Waals surface area (Å²) in [5.74, 6) is 2.54. The quantitative estimate of drug-likeness (QED) is 0.404. The minimum atomic E-state index is -3.32. The maximum Gasteiger partial charge on any atom is 0.177 e. The van der Waals surface area contributed by atoms with Gasteiger partial charge in [0.15, 0.2) is 21.3 Å². The minimum Gasteiger partial charge on any atom is -0.493 e. The van der Waals surface area contributed by atoms with Crippen molar-refractivity contribution in [1.82, 2.24) is 15.0 Å². The Balaban J connectivity index is 1.66. The van der Waals surface area contributed by atoms with Gasteiger partial charge in [0.2, 0.25) is 0 Å². The maximum atomic E-state index is 11.9. The van der Waals surface area contributed by atoms with Crippen molar-refractivity contribution in [3.05, 3.63) is 53.4 Å². The molecule has 172 valence electrons. The first-order valence-corrected chi connectivity index (χ1v) is 12.8. The van der Waals surface area contributed by atoms with E-state index in [1.165, 1.54) is 12.5 Å². The Morgan fingerprint density at radius 3 is 2.45 bits per heavy atom. The standard InChI is InChI=1S/C23H24N4O4S2/c1-13(21-6-7-22(32-21)15-8-16(12-24-11-15)33(5,28)29)25-23-17-9-19(30-3)20(31-4)10-18(17)26-14(2)27-23/h6-13H,1-5H3,(H,25,26,27). The second-order valence-electron chi connectivity index (χ2n) is 7.59. The number of thiophene rings is 1. The first-order valence-electron chi connectivity index (χ1n) is 10.1. The lowest BCUT2D eigenvalue weighted by Gasteiger charge is -2.16. The maximum absolute atomic E-state index is 11.9.